The van der Waals surface area contributed by atoms with Gasteiger partial charge >= 0.3 is 0 Å². The van der Waals surface area contributed by atoms with Gasteiger partial charge in [0.15, 0.2) is 6.10 Å². The third kappa shape index (κ3) is 5.81. The molecule has 0 aliphatic rings. The summed E-state index contributed by atoms with van der Waals surface area (Å²) in [6.45, 7) is 1.40. The molecule has 0 aliphatic carbocycles. The highest BCUT2D eigenvalue weighted by Gasteiger charge is 2.36. The molecule has 7 N–H and O–H groups in total. The van der Waals surface area contributed by atoms with E-state index in [2.05, 4.69) is 5.32 Å². The third-order valence-electron chi connectivity index (χ3n) is 2.70. The van der Waals surface area contributed by atoms with Crippen LogP contribution in [-0.4, -0.2) is 80.2 Å². The van der Waals surface area contributed by atoms with Gasteiger partial charge in [-0.1, -0.05) is 13.3 Å². The molecule has 0 aliphatic heterocycles. The monoisotopic (exact) mass is 281 g/mol. The number of carbonyl (C=O) groups is 1. The molecule has 0 bridgehead atoms. The molecule has 0 unspecified atom stereocenters. The van der Waals surface area contributed by atoms with Gasteiger partial charge in [0, 0.05) is 6.54 Å². The van der Waals surface area contributed by atoms with Crippen molar-refractivity contribution in [3.05, 3.63) is 0 Å². The van der Waals surface area contributed by atoms with Gasteiger partial charge in [0.1, 0.15) is 24.4 Å². The van der Waals surface area contributed by atoms with Gasteiger partial charge in [0.2, 0.25) is 0 Å². The SMILES string of the molecule is CCCCNC(=O)[C@H](O)[C@H](O)[C@H](O)[C@H](O)[C@H](O)CO. The highest BCUT2D eigenvalue weighted by atomic mass is 16.4. The lowest BCUT2D eigenvalue weighted by atomic mass is 9.99. The first kappa shape index (κ1) is 18.2. The zero-order valence-corrected chi connectivity index (χ0v) is 10.8. The lowest BCUT2D eigenvalue weighted by molar-refractivity contribution is -0.156. The summed E-state index contributed by atoms with van der Waals surface area (Å²) in [5.74, 6) is -0.884. The average Bonchev–Trinajstić information content (AvgIpc) is 2.43. The Morgan fingerprint density at radius 3 is 2.11 bits per heavy atom. The molecule has 0 rings (SSSR count). The normalized spacial score (nSPS) is 19.3. The molecule has 0 radical (unpaired) electrons. The number of aliphatic hydroxyl groups excluding tert-OH is 6. The number of unbranched alkanes of at least 4 members (excludes halogenated alkanes) is 1. The Bertz CT molecular complexity index is 263. The fraction of sp³-hybridized carbons (Fsp3) is 0.909. The molecule has 0 heterocycles. The first-order valence-corrected chi connectivity index (χ1v) is 6.15. The molecule has 8 heteroatoms. The van der Waals surface area contributed by atoms with Crippen LogP contribution in [-0.2, 0) is 4.79 Å². The summed E-state index contributed by atoms with van der Waals surface area (Å²) in [7, 11) is 0. The molecule has 19 heavy (non-hydrogen) atoms. The molecule has 0 spiro atoms. The molecule has 0 aromatic rings. The van der Waals surface area contributed by atoms with Gasteiger partial charge in [-0.15, -0.1) is 0 Å². The Kier molecular flexibility index (Phi) is 8.81. The van der Waals surface area contributed by atoms with Crippen molar-refractivity contribution >= 4 is 5.91 Å². The molecule has 0 aromatic carbocycles. The topological polar surface area (TPSA) is 150 Å². The molecule has 0 fully saturated rings. The van der Waals surface area contributed by atoms with E-state index in [4.69, 9.17) is 10.2 Å². The Hall–Kier alpha value is -0.770. The van der Waals surface area contributed by atoms with Crippen molar-refractivity contribution in [3.8, 4) is 0 Å². The van der Waals surface area contributed by atoms with Crippen molar-refractivity contribution in [1.82, 2.24) is 5.32 Å². The smallest absolute Gasteiger partial charge is 0.251 e. The molecule has 0 saturated carbocycles. The fourth-order valence-electron chi connectivity index (χ4n) is 1.37. The van der Waals surface area contributed by atoms with Crippen LogP contribution in [0.4, 0.5) is 0 Å². The summed E-state index contributed by atoms with van der Waals surface area (Å²) < 4.78 is 0. The van der Waals surface area contributed by atoms with Crippen LogP contribution < -0.4 is 5.32 Å². The number of rotatable bonds is 9. The summed E-state index contributed by atoms with van der Waals surface area (Å²) in [6, 6.07) is 0. The molecule has 0 saturated heterocycles. The Morgan fingerprint density at radius 1 is 1.05 bits per heavy atom. The van der Waals surface area contributed by atoms with Crippen molar-refractivity contribution in [2.75, 3.05) is 13.2 Å². The van der Waals surface area contributed by atoms with Crippen LogP contribution in [0.25, 0.3) is 0 Å². The number of carbonyl (C=O) groups excluding carboxylic acids is 1. The summed E-state index contributed by atoms with van der Waals surface area (Å²) in [5.41, 5.74) is 0. The summed E-state index contributed by atoms with van der Waals surface area (Å²) >= 11 is 0. The second-order valence-corrected chi connectivity index (χ2v) is 4.31. The molecule has 5 atom stereocenters. The van der Waals surface area contributed by atoms with Gasteiger partial charge in [0.25, 0.3) is 5.91 Å². The van der Waals surface area contributed by atoms with Crippen molar-refractivity contribution in [2.24, 2.45) is 0 Å². The lowest BCUT2D eigenvalue weighted by Crippen LogP contribution is -2.54. The van der Waals surface area contributed by atoms with E-state index < -0.39 is 43.0 Å². The predicted molar refractivity (Wildman–Crippen MR) is 65.0 cm³/mol. The molecule has 8 nitrogen and oxygen atoms in total. The van der Waals surface area contributed by atoms with E-state index in [0.717, 1.165) is 6.42 Å². The highest BCUT2D eigenvalue weighted by molar-refractivity contribution is 5.81. The largest absolute Gasteiger partial charge is 0.394 e. The zero-order chi connectivity index (χ0) is 15.0. The van der Waals surface area contributed by atoms with Crippen molar-refractivity contribution < 1.29 is 35.4 Å². The zero-order valence-electron chi connectivity index (χ0n) is 10.8. The van der Waals surface area contributed by atoms with Crippen LogP contribution >= 0.6 is 0 Å². The maximum atomic E-state index is 11.4. The van der Waals surface area contributed by atoms with E-state index >= 15 is 0 Å². The lowest BCUT2D eigenvalue weighted by Gasteiger charge is -2.27. The van der Waals surface area contributed by atoms with Gasteiger partial charge in [-0.2, -0.15) is 0 Å². The van der Waals surface area contributed by atoms with Crippen LogP contribution in [0.5, 0.6) is 0 Å². The minimum Gasteiger partial charge on any atom is -0.394 e. The van der Waals surface area contributed by atoms with E-state index in [9.17, 15) is 25.2 Å². The molecule has 1 amide bonds. The predicted octanol–water partition coefficient (Wildman–Crippen LogP) is -3.30. The van der Waals surface area contributed by atoms with Crippen molar-refractivity contribution in [3.63, 3.8) is 0 Å². The van der Waals surface area contributed by atoms with Crippen LogP contribution in [0, 0.1) is 0 Å². The summed E-state index contributed by atoms with van der Waals surface area (Å²) in [4.78, 5) is 11.4. The number of hydrogen-bond acceptors (Lipinski definition) is 7. The highest BCUT2D eigenvalue weighted by Crippen LogP contribution is 2.08. The average molecular weight is 281 g/mol. The number of hydrogen-bond donors (Lipinski definition) is 7. The van der Waals surface area contributed by atoms with Crippen LogP contribution in [0.1, 0.15) is 19.8 Å². The van der Waals surface area contributed by atoms with E-state index in [-0.39, 0.29) is 0 Å². The number of aliphatic hydroxyl groups is 6. The summed E-state index contributed by atoms with van der Waals surface area (Å²) in [5, 5.41) is 57.8. The first-order chi connectivity index (χ1) is 8.86. The van der Waals surface area contributed by atoms with E-state index in [1.54, 1.807) is 0 Å². The van der Waals surface area contributed by atoms with Crippen molar-refractivity contribution in [2.45, 2.75) is 50.3 Å². The fourth-order valence-corrected chi connectivity index (χ4v) is 1.37. The maximum absolute atomic E-state index is 11.4. The minimum atomic E-state index is -1.97. The minimum absolute atomic E-state index is 0.316. The second-order valence-electron chi connectivity index (χ2n) is 4.31. The molecule has 0 aromatic heterocycles. The van der Waals surface area contributed by atoms with Gasteiger partial charge in [0.05, 0.1) is 6.61 Å². The van der Waals surface area contributed by atoms with E-state index in [1.807, 2.05) is 6.92 Å². The van der Waals surface area contributed by atoms with Crippen LogP contribution in [0.15, 0.2) is 0 Å². The van der Waals surface area contributed by atoms with E-state index in [0.29, 0.717) is 13.0 Å². The Morgan fingerprint density at radius 2 is 1.63 bits per heavy atom. The maximum Gasteiger partial charge on any atom is 0.251 e. The van der Waals surface area contributed by atoms with Gasteiger partial charge in [-0.3, -0.25) is 4.79 Å². The molecular formula is C11H23NO7. The number of amides is 1. The molecule has 114 valence electrons. The Labute approximate surface area is 111 Å². The first-order valence-electron chi connectivity index (χ1n) is 6.15. The second kappa shape index (κ2) is 9.18. The third-order valence-corrected chi connectivity index (χ3v) is 2.70. The quantitative estimate of drug-likeness (QED) is 0.219. The Balaban J connectivity index is 4.37. The van der Waals surface area contributed by atoms with E-state index in [1.165, 1.54) is 0 Å². The van der Waals surface area contributed by atoms with Crippen LogP contribution in [0.2, 0.25) is 0 Å². The number of nitrogens with one attached hydrogen (secondary N) is 1. The van der Waals surface area contributed by atoms with Crippen LogP contribution in [0.3, 0.4) is 0 Å². The van der Waals surface area contributed by atoms with Gasteiger partial charge in [-0.05, 0) is 6.42 Å². The van der Waals surface area contributed by atoms with Gasteiger partial charge < -0.3 is 36.0 Å². The summed E-state index contributed by atoms with van der Waals surface area (Å²) in [6.07, 6.45) is -7.90. The van der Waals surface area contributed by atoms with Crippen molar-refractivity contribution in [1.29, 1.82) is 0 Å². The molecular weight excluding hydrogens is 258 g/mol. The standard InChI is InChI=1S/C11H23NO7/c1-2-3-4-12-11(19)10(18)9(17)8(16)7(15)6(14)5-13/h6-10,13-18H,2-5H2,1H3,(H,12,19)/t6-,7-,8-,9-,10-/m1/s1. The van der Waals surface area contributed by atoms with Gasteiger partial charge in [-0.25, -0.2) is 0 Å².